The number of carbonyl (C=O) groups is 1. The van der Waals surface area contributed by atoms with Crippen LogP contribution in [0, 0.1) is 11.3 Å². The molecule has 0 fully saturated rings. The molecule has 1 aromatic rings. The highest BCUT2D eigenvalue weighted by atomic mass is 32.2. The average molecular weight is 473 g/mol. The van der Waals surface area contributed by atoms with E-state index in [1.54, 1.807) is 6.07 Å². The van der Waals surface area contributed by atoms with Gasteiger partial charge >= 0.3 is 6.18 Å². The molecule has 0 bridgehead atoms. The zero-order valence-electron chi connectivity index (χ0n) is 19.3. The molecule has 1 amide bonds. The maximum Gasteiger partial charge on any atom is 0.417 e. The molecule has 0 saturated heterocycles. The number of amides is 1. The first-order valence-electron chi connectivity index (χ1n) is 11.4. The Morgan fingerprint density at radius 1 is 1.06 bits per heavy atom. The number of hydrogen-bond donors (Lipinski definition) is 1. The van der Waals surface area contributed by atoms with E-state index in [4.69, 9.17) is 5.26 Å². The zero-order chi connectivity index (χ0) is 24.2. The number of nitriles is 1. The molecule has 1 unspecified atom stereocenters. The number of unbranched alkanes of at least 4 members (excludes halogenated alkanes) is 7. The monoisotopic (exact) mass is 472 g/mol. The van der Waals surface area contributed by atoms with E-state index in [0.717, 1.165) is 60.5 Å². The van der Waals surface area contributed by atoms with Gasteiger partial charge in [-0.2, -0.15) is 18.4 Å². The predicted octanol–water partition coefficient (Wildman–Crippen LogP) is 7.25. The summed E-state index contributed by atoms with van der Waals surface area (Å²) >= 11 is 1.09. The summed E-state index contributed by atoms with van der Waals surface area (Å²) in [6.45, 7) is 5.56. The molecule has 0 aliphatic heterocycles. The minimum Gasteiger partial charge on any atom is -0.380 e. The minimum atomic E-state index is -4.72. The average Bonchev–Trinajstić information content (AvgIpc) is 2.74. The van der Waals surface area contributed by atoms with E-state index in [9.17, 15) is 23.1 Å². The number of alkyl halides is 3. The lowest BCUT2D eigenvalue weighted by Crippen LogP contribution is -2.44. The second-order valence-electron chi connectivity index (χ2n) is 8.27. The van der Waals surface area contributed by atoms with Gasteiger partial charge in [-0.05, 0) is 49.9 Å². The summed E-state index contributed by atoms with van der Waals surface area (Å²) in [5, 5.41) is 19.9. The molecular formula is C24H35F3N2O2S. The number of nitrogens with zero attached hydrogens (tertiary/aromatic N) is 2. The van der Waals surface area contributed by atoms with Crippen molar-refractivity contribution in [1.82, 2.24) is 0 Å². The fourth-order valence-electron chi connectivity index (χ4n) is 3.29. The van der Waals surface area contributed by atoms with Gasteiger partial charge in [0.15, 0.2) is 0 Å². The van der Waals surface area contributed by atoms with Crippen molar-refractivity contribution in [3.63, 3.8) is 0 Å². The van der Waals surface area contributed by atoms with Crippen LogP contribution in [0.25, 0.3) is 0 Å². The third kappa shape index (κ3) is 9.03. The molecule has 1 rings (SSSR count). The van der Waals surface area contributed by atoms with Crippen LogP contribution in [-0.2, 0) is 11.0 Å². The number of aliphatic hydroxyl groups is 1. The first-order valence-corrected chi connectivity index (χ1v) is 12.3. The lowest BCUT2D eigenvalue weighted by Gasteiger charge is -2.30. The topological polar surface area (TPSA) is 64.3 Å². The molecule has 0 aliphatic carbocycles. The van der Waals surface area contributed by atoms with Gasteiger partial charge in [0.1, 0.15) is 5.60 Å². The van der Waals surface area contributed by atoms with Crippen LogP contribution in [0.1, 0.15) is 96.1 Å². The third-order valence-corrected chi connectivity index (χ3v) is 6.40. The lowest BCUT2D eigenvalue weighted by molar-refractivity contribution is -0.138. The molecular weight excluding hydrogens is 437 g/mol. The Morgan fingerprint density at radius 3 is 2.22 bits per heavy atom. The summed E-state index contributed by atoms with van der Waals surface area (Å²) in [7, 11) is 0. The van der Waals surface area contributed by atoms with Crippen molar-refractivity contribution >= 4 is 23.5 Å². The van der Waals surface area contributed by atoms with Gasteiger partial charge < -0.3 is 5.11 Å². The normalized spacial score (nSPS) is 13.4. The molecule has 0 aliphatic rings. The van der Waals surface area contributed by atoms with Crippen molar-refractivity contribution in [2.45, 2.75) is 96.8 Å². The van der Waals surface area contributed by atoms with Gasteiger partial charge in [-0.25, -0.2) is 0 Å². The van der Waals surface area contributed by atoms with E-state index >= 15 is 0 Å². The first kappa shape index (κ1) is 28.3. The van der Waals surface area contributed by atoms with Crippen LogP contribution < -0.4 is 4.31 Å². The predicted molar refractivity (Wildman–Crippen MR) is 124 cm³/mol. The van der Waals surface area contributed by atoms with Gasteiger partial charge in [0.2, 0.25) is 0 Å². The maximum atomic E-state index is 13.4. The Balaban J connectivity index is 3.00. The number of anilines is 1. The summed E-state index contributed by atoms with van der Waals surface area (Å²) < 4.78 is 41.4. The van der Waals surface area contributed by atoms with Crippen LogP contribution in [0.2, 0.25) is 0 Å². The van der Waals surface area contributed by atoms with Gasteiger partial charge in [0.25, 0.3) is 5.91 Å². The quantitative estimate of drug-likeness (QED) is 0.229. The van der Waals surface area contributed by atoms with Crippen LogP contribution in [0.4, 0.5) is 18.9 Å². The highest BCUT2D eigenvalue weighted by molar-refractivity contribution is 8.01. The fourth-order valence-corrected chi connectivity index (χ4v) is 4.47. The van der Waals surface area contributed by atoms with Crippen molar-refractivity contribution < 1.29 is 23.1 Å². The van der Waals surface area contributed by atoms with E-state index in [0.29, 0.717) is 12.2 Å². The molecule has 0 heterocycles. The number of carbonyl (C=O) groups excluding carboxylic acids is 1. The zero-order valence-corrected chi connectivity index (χ0v) is 20.1. The van der Waals surface area contributed by atoms with Gasteiger partial charge in [0, 0.05) is 5.75 Å². The van der Waals surface area contributed by atoms with Crippen molar-refractivity contribution in [2.24, 2.45) is 0 Å². The number of benzene rings is 1. The Hall–Kier alpha value is -1.72. The van der Waals surface area contributed by atoms with Crippen LogP contribution in [-0.4, -0.2) is 22.4 Å². The molecule has 1 aromatic carbocycles. The molecule has 0 spiro atoms. The van der Waals surface area contributed by atoms with Crippen LogP contribution >= 0.6 is 11.9 Å². The van der Waals surface area contributed by atoms with E-state index in [1.165, 1.54) is 32.3 Å². The third-order valence-electron chi connectivity index (χ3n) is 5.29. The van der Waals surface area contributed by atoms with E-state index in [1.807, 2.05) is 6.92 Å². The van der Waals surface area contributed by atoms with E-state index in [-0.39, 0.29) is 12.1 Å². The van der Waals surface area contributed by atoms with Crippen LogP contribution in [0.5, 0.6) is 0 Å². The van der Waals surface area contributed by atoms with Crippen molar-refractivity contribution in [1.29, 1.82) is 5.26 Å². The van der Waals surface area contributed by atoms with E-state index < -0.39 is 28.8 Å². The van der Waals surface area contributed by atoms with Crippen LogP contribution in [0.3, 0.4) is 0 Å². The first-order chi connectivity index (χ1) is 15.1. The molecule has 180 valence electrons. The SMILES string of the molecule is CCCCCCCCCC(C)(O)C(=O)N(SCCCC)c1ccc(C#N)c(C(F)(F)F)c1. The molecule has 0 saturated carbocycles. The largest absolute Gasteiger partial charge is 0.417 e. The Kier molecular flexibility index (Phi) is 12.2. The smallest absolute Gasteiger partial charge is 0.380 e. The second kappa shape index (κ2) is 13.7. The summed E-state index contributed by atoms with van der Waals surface area (Å²) in [6.07, 6.45) is 4.42. The summed E-state index contributed by atoms with van der Waals surface area (Å²) in [5.41, 5.74) is -3.25. The van der Waals surface area contributed by atoms with Gasteiger partial charge in [-0.3, -0.25) is 9.10 Å². The molecule has 1 N–H and O–H groups in total. The molecule has 0 radical (unpaired) electrons. The molecule has 8 heteroatoms. The molecule has 32 heavy (non-hydrogen) atoms. The number of hydrogen-bond acceptors (Lipinski definition) is 4. The van der Waals surface area contributed by atoms with Crippen molar-refractivity contribution in [3.8, 4) is 6.07 Å². The van der Waals surface area contributed by atoms with Crippen molar-refractivity contribution in [3.05, 3.63) is 29.3 Å². The number of rotatable bonds is 14. The minimum absolute atomic E-state index is 0.0160. The Labute approximate surface area is 194 Å². The highest BCUT2D eigenvalue weighted by Gasteiger charge is 2.38. The highest BCUT2D eigenvalue weighted by Crippen LogP contribution is 2.37. The number of halogens is 3. The molecule has 4 nitrogen and oxygen atoms in total. The fraction of sp³-hybridized carbons (Fsp3) is 0.667. The van der Waals surface area contributed by atoms with Gasteiger partial charge in [-0.15, -0.1) is 0 Å². The summed E-state index contributed by atoms with van der Waals surface area (Å²) in [4.78, 5) is 13.2. The van der Waals surface area contributed by atoms with Gasteiger partial charge in [-0.1, -0.05) is 65.2 Å². The molecule has 0 aromatic heterocycles. The maximum absolute atomic E-state index is 13.4. The standard InChI is InChI=1S/C24H35F3N2O2S/c1-4-6-8-9-10-11-12-15-23(3,31)22(30)29(32-16-7-5-2)20-14-13-19(18-28)21(17-20)24(25,26)27/h13-14,17,31H,4-12,15-16H2,1-3H3. The van der Waals surface area contributed by atoms with Gasteiger partial charge in [0.05, 0.1) is 22.9 Å². The Bertz CT molecular complexity index is 761. The molecule has 1 atom stereocenters. The van der Waals surface area contributed by atoms with E-state index in [2.05, 4.69) is 6.92 Å². The lowest BCUT2D eigenvalue weighted by atomic mass is 9.96. The Morgan fingerprint density at radius 2 is 1.66 bits per heavy atom. The second-order valence-corrected chi connectivity index (χ2v) is 9.30. The van der Waals surface area contributed by atoms with Crippen LogP contribution in [0.15, 0.2) is 18.2 Å². The summed E-state index contributed by atoms with van der Waals surface area (Å²) in [6, 6.07) is 4.77. The van der Waals surface area contributed by atoms with Crippen molar-refractivity contribution in [2.75, 3.05) is 10.1 Å². The summed E-state index contributed by atoms with van der Waals surface area (Å²) in [5.74, 6) is -0.112.